The zero-order valence-electron chi connectivity index (χ0n) is 9.21. The molecule has 0 saturated heterocycles. The molecule has 1 aromatic carbocycles. The van der Waals surface area contributed by atoms with Crippen molar-refractivity contribution in [3.63, 3.8) is 0 Å². The monoisotopic (exact) mass is 226 g/mol. The minimum Gasteiger partial charge on any atom is -0.493 e. The molecule has 0 spiro atoms. The number of ketones is 1. The predicted molar refractivity (Wildman–Crippen MR) is 63.1 cm³/mol. The lowest BCUT2D eigenvalue weighted by atomic mass is 10.3. The van der Waals surface area contributed by atoms with Crippen molar-refractivity contribution in [2.45, 2.75) is 6.92 Å². The SMILES string of the molecule is C#CC(=O)c1nc(C)n(-c2ccccc2)c1O. The highest BCUT2D eigenvalue weighted by Gasteiger charge is 2.19. The van der Waals surface area contributed by atoms with Gasteiger partial charge in [0.05, 0.1) is 5.69 Å². The fraction of sp³-hybridized carbons (Fsp3) is 0.0769. The predicted octanol–water partition coefficient (Wildman–Crippen LogP) is 1.70. The second kappa shape index (κ2) is 4.14. The van der Waals surface area contributed by atoms with Crippen LogP contribution in [0.1, 0.15) is 16.3 Å². The number of carbonyl (C=O) groups excluding carboxylic acids is 1. The first kappa shape index (κ1) is 11.0. The molecule has 0 saturated carbocycles. The normalized spacial score (nSPS) is 9.88. The topological polar surface area (TPSA) is 55.1 Å². The van der Waals surface area contributed by atoms with Crippen molar-refractivity contribution in [1.29, 1.82) is 0 Å². The van der Waals surface area contributed by atoms with Gasteiger partial charge in [-0.2, -0.15) is 0 Å². The highest BCUT2D eigenvalue weighted by Crippen LogP contribution is 2.24. The number of aromatic nitrogens is 2. The number of benzene rings is 1. The number of imidazole rings is 1. The molecule has 1 N–H and O–H groups in total. The second-order valence-electron chi connectivity index (χ2n) is 3.48. The summed E-state index contributed by atoms with van der Waals surface area (Å²) in [6, 6.07) is 9.13. The molecular weight excluding hydrogens is 216 g/mol. The van der Waals surface area contributed by atoms with Gasteiger partial charge in [0.2, 0.25) is 5.88 Å². The Kier molecular flexibility index (Phi) is 2.67. The van der Waals surface area contributed by atoms with Crippen molar-refractivity contribution >= 4 is 5.78 Å². The van der Waals surface area contributed by atoms with Crippen LogP contribution in [0.5, 0.6) is 5.88 Å². The lowest BCUT2D eigenvalue weighted by Gasteiger charge is -2.05. The first-order chi connectivity index (χ1) is 8.15. The molecule has 4 nitrogen and oxygen atoms in total. The van der Waals surface area contributed by atoms with Gasteiger partial charge in [-0.05, 0) is 25.0 Å². The van der Waals surface area contributed by atoms with Crippen molar-refractivity contribution in [3.8, 4) is 23.9 Å². The number of para-hydroxylation sites is 1. The number of rotatable bonds is 2. The molecule has 0 amide bonds. The Balaban J connectivity index is 2.62. The van der Waals surface area contributed by atoms with E-state index in [0.717, 1.165) is 5.69 Å². The number of terminal acetylenes is 1. The maximum atomic E-state index is 11.4. The van der Waals surface area contributed by atoms with Crippen LogP contribution in [-0.2, 0) is 0 Å². The molecule has 1 heterocycles. The van der Waals surface area contributed by atoms with Gasteiger partial charge < -0.3 is 5.11 Å². The van der Waals surface area contributed by atoms with Crippen LogP contribution in [0, 0.1) is 19.3 Å². The number of nitrogens with zero attached hydrogens (tertiary/aromatic N) is 2. The Bertz CT molecular complexity index is 606. The highest BCUT2D eigenvalue weighted by atomic mass is 16.3. The smallest absolute Gasteiger partial charge is 0.259 e. The maximum absolute atomic E-state index is 11.4. The third kappa shape index (κ3) is 1.79. The average Bonchev–Trinajstić information content (AvgIpc) is 2.65. The first-order valence-electron chi connectivity index (χ1n) is 5.00. The molecule has 0 aliphatic rings. The van der Waals surface area contributed by atoms with E-state index in [-0.39, 0.29) is 11.6 Å². The minimum atomic E-state index is -0.625. The van der Waals surface area contributed by atoms with Crippen LogP contribution in [0.2, 0.25) is 0 Å². The summed E-state index contributed by atoms with van der Waals surface area (Å²) in [5, 5.41) is 9.95. The fourth-order valence-electron chi connectivity index (χ4n) is 1.63. The number of aromatic hydroxyl groups is 1. The molecule has 0 atom stereocenters. The van der Waals surface area contributed by atoms with Gasteiger partial charge in [0.15, 0.2) is 5.69 Å². The van der Waals surface area contributed by atoms with E-state index in [0.29, 0.717) is 5.82 Å². The van der Waals surface area contributed by atoms with E-state index in [1.807, 2.05) is 24.1 Å². The zero-order chi connectivity index (χ0) is 12.4. The average molecular weight is 226 g/mol. The lowest BCUT2D eigenvalue weighted by Crippen LogP contribution is -1.97. The minimum absolute atomic E-state index is 0.0890. The number of aryl methyl sites for hydroxylation is 1. The summed E-state index contributed by atoms with van der Waals surface area (Å²) >= 11 is 0. The van der Waals surface area contributed by atoms with Crippen molar-refractivity contribution in [1.82, 2.24) is 9.55 Å². The van der Waals surface area contributed by atoms with Crippen LogP contribution in [0.4, 0.5) is 0 Å². The van der Waals surface area contributed by atoms with E-state index in [4.69, 9.17) is 6.42 Å². The maximum Gasteiger partial charge on any atom is 0.259 e. The molecule has 0 aliphatic heterocycles. The van der Waals surface area contributed by atoms with E-state index in [9.17, 15) is 9.90 Å². The van der Waals surface area contributed by atoms with E-state index in [1.54, 1.807) is 19.1 Å². The zero-order valence-corrected chi connectivity index (χ0v) is 9.21. The Morgan fingerprint density at radius 3 is 2.65 bits per heavy atom. The number of hydrogen-bond acceptors (Lipinski definition) is 3. The molecule has 1 aromatic heterocycles. The van der Waals surface area contributed by atoms with Gasteiger partial charge in [-0.25, -0.2) is 4.98 Å². The summed E-state index contributed by atoms with van der Waals surface area (Å²) in [7, 11) is 0. The summed E-state index contributed by atoms with van der Waals surface area (Å²) in [6.45, 7) is 1.69. The van der Waals surface area contributed by atoms with Crippen LogP contribution in [0.15, 0.2) is 30.3 Å². The molecule has 2 rings (SSSR count). The van der Waals surface area contributed by atoms with E-state index < -0.39 is 5.78 Å². The van der Waals surface area contributed by atoms with Gasteiger partial charge >= 0.3 is 0 Å². The summed E-state index contributed by atoms with van der Waals surface area (Å²) in [5.41, 5.74) is 0.639. The standard InChI is InChI=1S/C13H10N2O2/c1-3-11(16)12-13(17)15(9(2)14-12)10-7-5-4-6-8-10/h1,4-8,17H,2H3. The van der Waals surface area contributed by atoms with Crippen molar-refractivity contribution in [3.05, 3.63) is 41.9 Å². The van der Waals surface area contributed by atoms with Gasteiger partial charge in [-0.15, -0.1) is 6.42 Å². The van der Waals surface area contributed by atoms with Crippen LogP contribution in [0.25, 0.3) is 5.69 Å². The van der Waals surface area contributed by atoms with Crippen LogP contribution in [-0.4, -0.2) is 20.4 Å². The van der Waals surface area contributed by atoms with Crippen molar-refractivity contribution in [2.24, 2.45) is 0 Å². The molecule has 17 heavy (non-hydrogen) atoms. The third-order valence-corrected chi connectivity index (χ3v) is 2.38. The van der Waals surface area contributed by atoms with Crippen molar-refractivity contribution < 1.29 is 9.90 Å². The number of Topliss-reactive ketones (excluding diaryl/α,β-unsaturated/α-hetero) is 1. The summed E-state index contributed by atoms with van der Waals surface area (Å²) < 4.78 is 1.48. The molecule has 0 aliphatic carbocycles. The molecule has 0 unspecified atom stereocenters. The van der Waals surface area contributed by atoms with Crippen LogP contribution in [0.3, 0.4) is 0 Å². The molecule has 0 fully saturated rings. The second-order valence-corrected chi connectivity index (χ2v) is 3.48. The summed E-state index contributed by atoms with van der Waals surface area (Å²) in [5.74, 6) is 1.60. The molecular formula is C13H10N2O2. The van der Waals surface area contributed by atoms with E-state index in [1.165, 1.54) is 4.57 Å². The van der Waals surface area contributed by atoms with E-state index in [2.05, 4.69) is 4.98 Å². The molecule has 0 radical (unpaired) electrons. The fourth-order valence-corrected chi connectivity index (χ4v) is 1.63. The quantitative estimate of drug-likeness (QED) is 0.481. The van der Waals surface area contributed by atoms with Crippen LogP contribution >= 0.6 is 0 Å². The third-order valence-electron chi connectivity index (χ3n) is 2.38. The largest absolute Gasteiger partial charge is 0.493 e. The summed E-state index contributed by atoms with van der Waals surface area (Å²) in [6.07, 6.45) is 5.01. The Hall–Kier alpha value is -2.54. The number of hydrogen-bond donors (Lipinski definition) is 1. The molecule has 2 aromatic rings. The van der Waals surface area contributed by atoms with Crippen molar-refractivity contribution in [2.75, 3.05) is 0 Å². The molecule has 0 bridgehead atoms. The van der Waals surface area contributed by atoms with Crippen LogP contribution < -0.4 is 0 Å². The molecule has 4 heteroatoms. The van der Waals surface area contributed by atoms with E-state index >= 15 is 0 Å². The highest BCUT2D eigenvalue weighted by molar-refractivity contribution is 6.08. The Morgan fingerprint density at radius 1 is 1.41 bits per heavy atom. The summed E-state index contributed by atoms with van der Waals surface area (Å²) in [4.78, 5) is 15.3. The van der Waals surface area contributed by atoms with Gasteiger partial charge in [-0.3, -0.25) is 9.36 Å². The van der Waals surface area contributed by atoms with Gasteiger partial charge in [0.1, 0.15) is 5.82 Å². The Labute approximate surface area is 98.5 Å². The van der Waals surface area contributed by atoms with Gasteiger partial charge in [0.25, 0.3) is 5.78 Å². The Morgan fingerprint density at radius 2 is 2.06 bits per heavy atom. The molecule has 84 valence electrons. The number of carbonyl (C=O) groups is 1. The van der Waals surface area contributed by atoms with Gasteiger partial charge in [-0.1, -0.05) is 18.2 Å². The van der Waals surface area contributed by atoms with Gasteiger partial charge in [0, 0.05) is 0 Å². The first-order valence-corrected chi connectivity index (χ1v) is 5.00. The lowest BCUT2D eigenvalue weighted by molar-refractivity contribution is 0.105.